The van der Waals surface area contributed by atoms with E-state index in [0.717, 1.165) is 31.1 Å². The van der Waals surface area contributed by atoms with Gasteiger partial charge >= 0.3 is 0 Å². The largest absolute Gasteiger partial charge is 0.361 e. The normalized spacial score (nSPS) is 21.7. The molecule has 142 valence electrons. The van der Waals surface area contributed by atoms with Gasteiger partial charge in [0.2, 0.25) is 0 Å². The first-order valence-electron chi connectivity index (χ1n) is 10.0. The van der Waals surface area contributed by atoms with Crippen molar-refractivity contribution >= 4 is 35.1 Å². The molecule has 0 bridgehead atoms. The summed E-state index contributed by atoms with van der Waals surface area (Å²) in [5.74, 6) is 0.645. The first kappa shape index (κ1) is 19.0. The van der Waals surface area contributed by atoms with Gasteiger partial charge in [-0.1, -0.05) is 30.4 Å². The molecule has 1 aromatic heterocycles. The fraction of sp³-hybridized carbons (Fsp3) is 0.391. The van der Waals surface area contributed by atoms with E-state index in [9.17, 15) is 0 Å². The molecule has 1 fully saturated rings. The first-order chi connectivity index (χ1) is 13.2. The first-order valence-corrected chi connectivity index (χ1v) is 13.4. The van der Waals surface area contributed by atoms with Gasteiger partial charge in [0.05, 0.1) is 4.60 Å². The van der Waals surface area contributed by atoms with Gasteiger partial charge < -0.3 is 9.55 Å². The molecule has 0 radical (unpaired) electrons. The minimum absolute atomic E-state index is 0.568. The quantitative estimate of drug-likeness (QED) is 0.403. The van der Waals surface area contributed by atoms with Crippen LogP contribution in [0.25, 0.3) is 10.9 Å². The molecule has 0 spiro atoms. The third-order valence-corrected chi connectivity index (χ3v) is 12.2. The van der Waals surface area contributed by atoms with E-state index in [1.54, 1.807) is 5.56 Å². The van der Waals surface area contributed by atoms with Crippen LogP contribution in [0.15, 0.2) is 60.8 Å². The van der Waals surface area contributed by atoms with Crippen LogP contribution in [-0.4, -0.2) is 25.1 Å². The van der Waals surface area contributed by atoms with E-state index in [0.29, 0.717) is 12.0 Å². The van der Waals surface area contributed by atoms with Gasteiger partial charge in [0, 0.05) is 22.9 Å². The summed E-state index contributed by atoms with van der Waals surface area (Å²) in [5, 5.41) is 5.29. The molecule has 27 heavy (non-hydrogen) atoms. The molecule has 2 aliphatic rings. The van der Waals surface area contributed by atoms with Gasteiger partial charge in [0.15, 0.2) is 8.24 Å². The number of aromatic nitrogens is 1. The third kappa shape index (κ3) is 2.93. The van der Waals surface area contributed by atoms with Crippen LogP contribution in [0, 0.1) is 0 Å². The lowest BCUT2D eigenvalue weighted by Gasteiger charge is -2.36. The van der Waals surface area contributed by atoms with Crippen LogP contribution in [0.1, 0.15) is 29.9 Å². The van der Waals surface area contributed by atoms with E-state index in [1.807, 2.05) is 0 Å². The van der Waals surface area contributed by atoms with Gasteiger partial charge in [-0.05, 0) is 77.1 Å². The Labute approximate surface area is 172 Å². The van der Waals surface area contributed by atoms with Crippen molar-refractivity contribution in [1.82, 2.24) is 9.55 Å². The molecule has 1 aliphatic carbocycles. The maximum absolute atomic E-state index is 4.09. The third-order valence-electron chi connectivity index (χ3n) is 6.52. The number of halogens is 1. The summed E-state index contributed by atoms with van der Waals surface area (Å²) >= 11 is 4.05. The summed E-state index contributed by atoms with van der Waals surface area (Å²) in [6, 6.07) is 10.6. The molecule has 1 aromatic carbocycles. The molecule has 1 saturated heterocycles. The van der Waals surface area contributed by atoms with E-state index in [2.05, 4.69) is 81.6 Å². The number of nitrogens with one attached hydrogen (secondary N) is 1. The van der Waals surface area contributed by atoms with E-state index >= 15 is 0 Å². The Morgan fingerprint density at radius 2 is 1.85 bits per heavy atom. The van der Waals surface area contributed by atoms with Crippen LogP contribution in [0.4, 0.5) is 0 Å². The lowest BCUT2D eigenvalue weighted by Crippen LogP contribution is -2.43. The van der Waals surface area contributed by atoms with Crippen LogP contribution in [-0.2, 0) is 6.42 Å². The Balaban J connectivity index is 1.99. The number of nitrogens with zero attached hydrogens (tertiary/aromatic N) is 1. The van der Waals surface area contributed by atoms with Gasteiger partial charge in [-0.3, -0.25) is 0 Å². The Morgan fingerprint density at radius 1 is 1.15 bits per heavy atom. The van der Waals surface area contributed by atoms with E-state index in [1.165, 1.54) is 33.9 Å². The average molecular weight is 441 g/mol. The van der Waals surface area contributed by atoms with E-state index in [-0.39, 0.29) is 0 Å². The Morgan fingerprint density at radius 3 is 2.52 bits per heavy atom. The topological polar surface area (TPSA) is 17.0 Å². The van der Waals surface area contributed by atoms with Gasteiger partial charge in [-0.25, -0.2) is 0 Å². The maximum Gasteiger partial charge on any atom is 0.174 e. The van der Waals surface area contributed by atoms with Gasteiger partial charge in [0.25, 0.3) is 0 Å². The van der Waals surface area contributed by atoms with E-state index in [4.69, 9.17) is 0 Å². The highest BCUT2D eigenvalue weighted by Gasteiger charge is 2.40. The maximum atomic E-state index is 4.09. The number of hydrogen-bond acceptors (Lipinski definition) is 1. The highest BCUT2D eigenvalue weighted by atomic mass is 79.9. The summed E-state index contributed by atoms with van der Waals surface area (Å²) in [4.78, 5) is 0. The predicted molar refractivity (Wildman–Crippen MR) is 123 cm³/mol. The van der Waals surface area contributed by atoms with Crippen molar-refractivity contribution in [2.24, 2.45) is 0 Å². The summed E-state index contributed by atoms with van der Waals surface area (Å²) in [5.41, 5.74) is 4.44. The van der Waals surface area contributed by atoms with Crippen molar-refractivity contribution in [2.75, 3.05) is 6.54 Å². The number of rotatable bonds is 7. The summed E-state index contributed by atoms with van der Waals surface area (Å²) < 4.78 is 3.94. The van der Waals surface area contributed by atoms with Crippen LogP contribution < -0.4 is 5.32 Å². The molecule has 2 heterocycles. The van der Waals surface area contributed by atoms with Gasteiger partial charge in [-0.15, -0.1) is 19.7 Å². The Kier molecular flexibility index (Phi) is 5.32. The number of piperidine rings is 1. The molecule has 4 rings (SSSR count). The second-order valence-electron chi connectivity index (χ2n) is 8.06. The second-order valence-corrected chi connectivity index (χ2v) is 12.9. The average Bonchev–Trinajstić information content (AvgIpc) is 2.96. The number of allylic oxidation sites excluding steroid dienone is 3. The predicted octanol–water partition coefficient (Wildman–Crippen LogP) is 6.15. The molecule has 2 nitrogen and oxygen atoms in total. The fourth-order valence-corrected chi connectivity index (χ4v) is 11.1. The van der Waals surface area contributed by atoms with Gasteiger partial charge in [0.1, 0.15) is 0 Å². The van der Waals surface area contributed by atoms with Crippen molar-refractivity contribution in [2.45, 2.75) is 49.4 Å². The number of hydrogen-bond donors (Lipinski definition) is 1. The monoisotopic (exact) mass is 440 g/mol. The molecule has 1 unspecified atom stereocenters. The zero-order chi connectivity index (χ0) is 19.0. The molecular formula is C23H29BrN2Si. The standard InChI is InChI=1S/C23H29BrN2Si/c1-4-13-27(14-5-2,15-6-3)26-21-11-7-9-18-17-10-8-12-25-20(17)16-19(22(18)21)23(26)24/h4-7,9,11,17,20,25H,1-3,8,10,12-16H2/t17?,20-/m1/s1. The fourth-order valence-electron chi connectivity index (χ4n) is 5.46. The lowest BCUT2D eigenvalue weighted by atomic mass is 9.76. The summed E-state index contributed by atoms with van der Waals surface area (Å²) in [7, 11) is -1.92. The summed E-state index contributed by atoms with van der Waals surface area (Å²) in [6.45, 7) is 13.4. The number of benzene rings is 1. The molecule has 1 N–H and O–H groups in total. The van der Waals surface area contributed by atoms with Crippen molar-refractivity contribution < 1.29 is 0 Å². The SMILES string of the molecule is C=CC[Si](CC=C)(CC=C)n1c(Br)c2c3c(cccc31)C1CCCN[C@@H]1C2. The highest BCUT2D eigenvalue weighted by molar-refractivity contribution is 9.10. The van der Waals surface area contributed by atoms with Crippen molar-refractivity contribution in [3.8, 4) is 0 Å². The van der Waals surface area contributed by atoms with Crippen LogP contribution in [0.2, 0.25) is 18.1 Å². The van der Waals surface area contributed by atoms with Crippen LogP contribution in [0.5, 0.6) is 0 Å². The van der Waals surface area contributed by atoms with Gasteiger partial charge in [-0.2, -0.15) is 0 Å². The highest BCUT2D eigenvalue weighted by Crippen LogP contribution is 2.46. The van der Waals surface area contributed by atoms with Crippen molar-refractivity contribution in [3.05, 3.63) is 71.9 Å². The minimum Gasteiger partial charge on any atom is -0.361 e. The molecule has 0 amide bonds. The zero-order valence-corrected chi connectivity index (χ0v) is 18.6. The smallest absolute Gasteiger partial charge is 0.174 e. The van der Waals surface area contributed by atoms with Crippen LogP contribution in [0.3, 0.4) is 0 Å². The minimum atomic E-state index is -1.92. The zero-order valence-electron chi connectivity index (χ0n) is 16.0. The second kappa shape index (κ2) is 7.57. The lowest BCUT2D eigenvalue weighted by molar-refractivity contribution is 0.345. The van der Waals surface area contributed by atoms with E-state index < -0.39 is 8.24 Å². The Bertz CT molecular complexity index is 871. The molecular weight excluding hydrogens is 412 g/mol. The Hall–Kier alpha value is -1.36. The van der Waals surface area contributed by atoms with Crippen LogP contribution >= 0.6 is 15.9 Å². The molecule has 2 atom stereocenters. The van der Waals surface area contributed by atoms with Crippen molar-refractivity contribution in [3.63, 3.8) is 0 Å². The molecule has 4 heteroatoms. The summed E-state index contributed by atoms with van der Waals surface area (Å²) in [6.07, 6.45) is 9.99. The molecule has 2 aromatic rings. The molecule has 1 aliphatic heterocycles. The van der Waals surface area contributed by atoms with Crippen molar-refractivity contribution in [1.29, 1.82) is 0 Å². The molecule has 0 saturated carbocycles. The number of fused-ring (bicyclic) bond motifs is 2.